The Morgan fingerprint density at radius 1 is 1.43 bits per heavy atom. The number of nitro benzene ring substituents is 1. The number of nitrogens with one attached hydrogen (secondary N) is 1. The van der Waals surface area contributed by atoms with E-state index in [0.29, 0.717) is 15.8 Å². The number of non-ortho nitro benzene ring substituents is 1. The van der Waals surface area contributed by atoms with Crippen molar-refractivity contribution in [2.75, 3.05) is 11.9 Å². The van der Waals surface area contributed by atoms with Crippen molar-refractivity contribution in [2.24, 2.45) is 0 Å². The van der Waals surface area contributed by atoms with Crippen LogP contribution in [0, 0.1) is 10.1 Å². The molecule has 110 valence electrons. The zero-order chi connectivity index (χ0) is 15.2. The van der Waals surface area contributed by atoms with Gasteiger partial charge in [-0.05, 0) is 30.7 Å². The van der Waals surface area contributed by atoms with Crippen LogP contribution in [0.4, 0.5) is 11.4 Å². The standard InChI is InChI=1S/C14H14ClN3O2S/c1-2-16-13-6-5-11(18(19)20)8-10(13)9-21-14-12(15)4-3-7-17-14/h3-8,16H,2,9H2,1H3. The number of thioether (sulfide) groups is 1. The predicted octanol–water partition coefficient (Wildman–Crippen LogP) is 4.37. The van der Waals surface area contributed by atoms with E-state index in [1.54, 1.807) is 30.5 Å². The van der Waals surface area contributed by atoms with Crippen LogP contribution in [0.1, 0.15) is 12.5 Å². The van der Waals surface area contributed by atoms with Crippen LogP contribution in [0.5, 0.6) is 0 Å². The molecule has 1 heterocycles. The molecule has 0 bridgehead atoms. The molecule has 0 saturated carbocycles. The Kier molecular flexibility index (Phi) is 5.41. The van der Waals surface area contributed by atoms with Gasteiger partial charge >= 0.3 is 0 Å². The van der Waals surface area contributed by atoms with Gasteiger partial charge in [0.1, 0.15) is 5.03 Å². The number of hydrogen-bond acceptors (Lipinski definition) is 5. The smallest absolute Gasteiger partial charge is 0.269 e. The maximum Gasteiger partial charge on any atom is 0.269 e. The first kappa shape index (κ1) is 15.6. The van der Waals surface area contributed by atoms with E-state index >= 15 is 0 Å². The molecule has 0 atom stereocenters. The van der Waals surface area contributed by atoms with E-state index in [9.17, 15) is 10.1 Å². The number of nitro groups is 1. The summed E-state index contributed by atoms with van der Waals surface area (Å²) >= 11 is 7.52. The van der Waals surface area contributed by atoms with Crippen molar-refractivity contribution >= 4 is 34.7 Å². The molecule has 0 aliphatic rings. The van der Waals surface area contributed by atoms with Gasteiger partial charge in [0.25, 0.3) is 5.69 Å². The van der Waals surface area contributed by atoms with Gasteiger partial charge in [-0.2, -0.15) is 0 Å². The highest BCUT2D eigenvalue weighted by molar-refractivity contribution is 7.98. The van der Waals surface area contributed by atoms with Crippen molar-refractivity contribution in [3.8, 4) is 0 Å². The van der Waals surface area contributed by atoms with Crippen molar-refractivity contribution in [2.45, 2.75) is 17.7 Å². The quantitative estimate of drug-likeness (QED) is 0.486. The second-order valence-electron chi connectivity index (χ2n) is 4.21. The molecule has 1 aromatic carbocycles. The molecule has 5 nitrogen and oxygen atoms in total. The summed E-state index contributed by atoms with van der Waals surface area (Å²) in [5.41, 5.74) is 1.83. The van der Waals surface area contributed by atoms with Crippen LogP contribution in [0.3, 0.4) is 0 Å². The summed E-state index contributed by atoms with van der Waals surface area (Å²) in [6, 6.07) is 8.36. The van der Waals surface area contributed by atoms with Crippen LogP contribution >= 0.6 is 23.4 Å². The lowest BCUT2D eigenvalue weighted by atomic mass is 10.2. The van der Waals surface area contributed by atoms with Crippen LogP contribution in [0.2, 0.25) is 5.02 Å². The first-order valence-corrected chi connectivity index (χ1v) is 7.72. The highest BCUT2D eigenvalue weighted by Gasteiger charge is 2.12. The Labute approximate surface area is 131 Å². The van der Waals surface area contributed by atoms with Crippen LogP contribution < -0.4 is 5.32 Å². The third-order valence-corrected chi connectivity index (χ3v) is 4.23. The number of rotatable bonds is 6. The summed E-state index contributed by atoms with van der Waals surface area (Å²) in [7, 11) is 0. The number of nitrogens with zero attached hydrogens (tertiary/aromatic N) is 2. The number of halogens is 1. The third-order valence-electron chi connectivity index (χ3n) is 2.76. The molecule has 0 aliphatic heterocycles. The van der Waals surface area contributed by atoms with E-state index in [-0.39, 0.29) is 5.69 Å². The van der Waals surface area contributed by atoms with Gasteiger partial charge in [-0.1, -0.05) is 11.6 Å². The minimum Gasteiger partial charge on any atom is -0.385 e. The van der Waals surface area contributed by atoms with Gasteiger partial charge in [-0.3, -0.25) is 10.1 Å². The number of aromatic nitrogens is 1. The van der Waals surface area contributed by atoms with Gasteiger partial charge in [0.05, 0.1) is 9.95 Å². The molecule has 0 unspecified atom stereocenters. The molecule has 1 N–H and O–H groups in total. The molecule has 0 fully saturated rings. The van der Waals surface area contributed by atoms with Crippen LogP contribution in [-0.4, -0.2) is 16.5 Å². The fourth-order valence-electron chi connectivity index (χ4n) is 1.80. The minimum absolute atomic E-state index is 0.0828. The summed E-state index contributed by atoms with van der Waals surface area (Å²) in [6.07, 6.45) is 1.67. The average Bonchev–Trinajstić information content (AvgIpc) is 2.47. The van der Waals surface area contributed by atoms with E-state index < -0.39 is 4.92 Å². The summed E-state index contributed by atoms with van der Waals surface area (Å²) in [5, 5.41) is 15.4. The topological polar surface area (TPSA) is 68.1 Å². The first-order chi connectivity index (χ1) is 10.1. The van der Waals surface area contributed by atoms with Gasteiger partial charge in [-0.25, -0.2) is 4.98 Å². The minimum atomic E-state index is -0.391. The molecule has 2 rings (SSSR count). The van der Waals surface area contributed by atoms with Gasteiger partial charge in [0, 0.05) is 36.3 Å². The lowest BCUT2D eigenvalue weighted by Gasteiger charge is -2.10. The number of hydrogen-bond donors (Lipinski definition) is 1. The van der Waals surface area contributed by atoms with Gasteiger partial charge in [0.15, 0.2) is 0 Å². The zero-order valence-electron chi connectivity index (χ0n) is 11.4. The Hall–Kier alpha value is -1.79. The van der Waals surface area contributed by atoms with Crippen LogP contribution in [-0.2, 0) is 5.75 Å². The summed E-state index contributed by atoms with van der Waals surface area (Å²) in [6.45, 7) is 2.73. The van der Waals surface area contributed by atoms with E-state index in [4.69, 9.17) is 11.6 Å². The molecule has 0 amide bonds. The van der Waals surface area contributed by atoms with Crippen molar-refractivity contribution in [1.29, 1.82) is 0 Å². The Bertz CT molecular complexity index is 652. The van der Waals surface area contributed by atoms with E-state index in [1.165, 1.54) is 17.8 Å². The number of pyridine rings is 1. The summed E-state index contributed by atoms with van der Waals surface area (Å²) < 4.78 is 0. The monoisotopic (exact) mass is 323 g/mol. The summed E-state index contributed by atoms with van der Waals surface area (Å²) in [4.78, 5) is 14.7. The molecule has 2 aromatic rings. The highest BCUT2D eigenvalue weighted by Crippen LogP contribution is 2.31. The van der Waals surface area contributed by atoms with Crippen molar-refractivity contribution in [3.63, 3.8) is 0 Å². The van der Waals surface area contributed by atoms with Gasteiger partial charge < -0.3 is 5.32 Å². The van der Waals surface area contributed by atoms with E-state index in [2.05, 4.69) is 10.3 Å². The largest absolute Gasteiger partial charge is 0.385 e. The molecule has 0 radical (unpaired) electrons. The summed E-state index contributed by atoms with van der Waals surface area (Å²) in [5.74, 6) is 0.556. The van der Waals surface area contributed by atoms with Crippen molar-refractivity contribution < 1.29 is 4.92 Å². The lowest BCUT2D eigenvalue weighted by molar-refractivity contribution is -0.384. The van der Waals surface area contributed by atoms with Crippen molar-refractivity contribution in [1.82, 2.24) is 4.98 Å². The van der Waals surface area contributed by atoms with Crippen LogP contribution in [0.25, 0.3) is 0 Å². The normalized spacial score (nSPS) is 10.4. The molecule has 21 heavy (non-hydrogen) atoms. The molecule has 7 heteroatoms. The maximum absolute atomic E-state index is 10.9. The van der Waals surface area contributed by atoms with E-state index in [1.807, 2.05) is 6.92 Å². The Balaban J connectivity index is 2.22. The second-order valence-corrected chi connectivity index (χ2v) is 5.58. The fourth-order valence-corrected chi connectivity index (χ4v) is 2.96. The van der Waals surface area contributed by atoms with Crippen molar-refractivity contribution in [3.05, 3.63) is 57.2 Å². The molecular weight excluding hydrogens is 310 g/mol. The predicted molar refractivity (Wildman–Crippen MR) is 86.1 cm³/mol. The number of anilines is 1. The molecule has 0 spiro atoms. The van der Waals surface area contributed by atoms with Gasteiger partial charge in [0.2, 0.25) is 0 Å². The Morgan fingerprint density at radius 2 is 2.24 bits per heavy atom. The third kappa shape index (κ3) is 4.09. The van der Waals surface area contributed by atoms with E-state index in [0.717, 1.165) is 17.8 Å². The van der Waals surface area contributed by atoms with Gasteiger partial charge in [-0.15, -0.1) is 11.8 Å². The second kappa shape index (κ2) is 7.28. The zero-order valence-corrected chi connectivity index (χ0v) is 12.9. The fraction of sp³-hybridized carbons (Fsp3) is 0.214. The molecular formula is C14H14ClN3O2S. The molecule has 0 aliphatic carbocycles. The van der Waals surface area contributed by atoms with Crippen LogP contribution in [0.15, 0.2) is 41.6 Å². The molecule has 1 aromatic heterocycles. The number of benzene rings is 1. The first-order valence-electron chi connectivity index (χ1n) is 6.36. The average molecular weight is 324 g/mol. The molecule has 0 saturated heterocycles. The SMILES string of the molecule is CCNc1ccc([N+](=O)[O-])cc1CSc1ncccc1Cl. The lowest BCUT2D eigenvalue weighted by Crippen LogP contribution is -2.01. The highest BCUT2D eigenvalue weighted by atomic mass is 35.5. The Morgan fingerprint density at radius 3 is 2.90 bits per heavy atom. The maximum atomic E-state index is 10.9.